The van der Waals surface area contributed by atoms with Gasteiger partial charge < -0.3 is 14.5 Å². The van der Waals surface area contributed by atoms with Gasteiger partial charge in [0.05, 0.1) is 24.9 Å². The molecule has 0 unspecified atom stereocenters. The highest BCUT2D eigenvalue weighted by Crippen LogP contribution is 2.15. The fourth-order valence-corrected chi connectivity index (χ4v) is 3.48. The smallest absolute Gasteiger partial charge is 0.257 e. The van der Waals surface area contributed by atoms with E-state index in [1.165, 1.54) is 10.9 Å². The number of carbonyl (C=O) groups excluding carboxylic acids is 1. The lowest BCUT2D eigenvalue weighted by atomic mass is 10.1. The highest BCUT2D eigenvalue weighted by Gasteiger charge is 2.18. The third-order valence-corrected chi connectivity index (χ3v) is 4.95. The average Bonchev–Trinajstić information content (AvgIpc) is 3.41. The van der Waals surface area contributed by atoms with Crippen molar-refractivity contribution in [3.63, 3.8) is 0 Å². The van der Waals surface area contributed by atoms with E-state index in [0.29, 0.717) is 19.8 Å². The van der Waals surface area contributed by atoms with Crippen LogP contribution in [0.4, 0.5) is 0 Å². The summed E-state index contributed by atoms with van der Waals surface area (Å²) in [6.45, 7) is 1.24. The lowest BCUT2D eigenvalue weighted by molar-refractivity contribution is -0.121. The molecule has 0 atom stereocenters. The molecule has 2 aromatic heterocycles. The van der Waals surface area contributed by atoms with Gasteiger partial charge in [-0.25, -0.2) is 4.98 Å². The largest absolute Gasteiger partial charge is 0.467 e. The molecular weight excluding hydrogens is 370 g/mol. The van der Waals surface area contributed by atoms with Crippen LogP contribution >= 0.6 is 0 Å². The van der Waals surface area contributed by atoms with E-state index in [1.54, 1.807) is 6.26 Å². The Morgan fingerprint density at radius 3 is 2.93 bits per heavy atom. The first-order valence-corrected chi connectivity index (χ1v) is 9.71. The molecule has 150 valence electrons. The quantitative estimate of drug-likeness (QED) is 0.635. The van der Waals surface area contributed by atoms with E-state index in [9.17, 15) is 9.59 Å². The summed E-state index contributed by atoms with van der Waals surface area (Å²) in [5.41, 5.74) is 3.51. The summed E-state index contributed by atoms with van der Waals surface area (Å²) in [6.07, 6.45) is 5.64. The van der Waals surface area contributed by atoms with Crippen LogP contribution in [0.1, 0.15) is 34.6 Å². The molecule has 7 heteroatoms. The summed E-state index contributed by atoms with van der Waals surface area (Å²) in [5.74, 6) is 0.566. The summed E-state index contributed by atoms with van der Waals surface area (Å²) in [7, 11) is 0. The van der Waals surface area contributed by atoms with Crippen molar-refractivity contribution in [3.8, 4) is 0 Å². The van der Waals surface area contributed by atoms with Crippen molar-refractivity contribution in [2.75, 3.05) is 0 Å². The minimum atomic E-state index is -0.216. The molecule has 0 saturated carbocycles. The Bertz CT molecular complexity index is 1040. The van der Waals surface area contributed by atoms with E-state index < -0.39 is 0 Å². The molecule has 7 nitrogen and oxygen atoms in total. The topological polar surface area (TPSA) is 86.4 Å². The van der Waals surface area contributed by atoms with Crippen LogP contribution in [0, 0.1) is 0 Å². The second-order valence-corrected chi connectivity index (χ2v) is 7.13. The number of benzene rings is 1. The maximum absolute atomic E-state index is 12.4. The minimum Gasteiger partial charge on any atom is -0.467 e. The molecule has 1 aromatic carbocycles. The van der Waals surface area contributed by atoms with E-state index >= 15 is 0 Å². The van der Waals surface area contributed by atoms with Crippen molar-refractivity contribution in [1.82, 2.24) is 14.9 Å². The molecule has 1 aliphatic carbocycles. The number of fused-ring (bicyclic) bond motifs is 1. The number of hydrogen-bond acceptors (Lipinski definition) is 5. The van der Waals surface area contributed by atoms with E-state index in [-0.39, 0.29) is 18.0 Å². The first kappa shape index (κ1) is 19.1. The van der Waals surface area contributed by atoms with Crippen LogP contribution in [0.5, 0.6) is 0 Å². The Balaban J connectivity index is 1.28. The van der Waals surface area contributed by atoms with Gasteiger partial charge in [-0.1, -0.05) is 24.3 Å². The van der Waals surface area contributed by atoms with Crippen molar-refractivity contribution < 1.29 is 13.9 Å². The van der Waals surface area contributed by atoms with Crippen LogP contribution in [-0.4, -0.2) is 15.5 Å². The standard InChI is InChI=1S/C22H23N3O4/c26-21(12-25-15-24-20-8-2-7-19(20)22(25)27)23-11-16-4-1-5-17(10-16)13-28-14-18-6-3-9-29-18/h1,3-6,9-10,15H,2,7-8,11-14H2,(H,23,26). The Morgan fingerprint density at radius 1 is 1.17 bits per heavy atom. The number of nitrogens with zero attached hydrogens (tertiary/aromatic N) is 2. The predicted octanol–water partition coefficient (Wildman–Crippen LogP) is 2.36. The summed E-state index contributed by atoms with van der Waals surface area (Å²) in [4.78, 5) is 29.0. The zero-order chi connectivity index (χ0) is 20.1. The van der Waals surface area contributed by atoms with Gasteiger partial charge in [0, 0.05) is 12.1 Å². The van der Waals surface area contributed by atoms with Crippen LogP contribution in [0.2, 0.25) is 0 Å². The van der Waals surface area contributed by atoms with Gasteiger partial charge >= 0.3 is 0 Å². The second-order valence-electron chi connectivity index (χ2n) is 7.13. The second kappa shape index (κ2) is 8.87. The van der Waals surface area contributed by atoms with Gasteiger partial charge in [0.15, 0.2) is 0 Å². The molecule has 29 heavy (non-hydrogen) atoms. The van der Waals surface area contributed by atoms with Gasteiger partial charge in [-0.3, -0.25) is 14.2 Å². The fourth-order valence-electron chi connectivity index (χ4n) is 3.48. The lowest BCUT2D eigenvalue weighted by Gasteiger charge is -2.10. The molecule has 2 heterocycles. The monoisotopic (exact) mass is 393 g/mol. The average molecular weight is 393 g/mol. The maximum Gasteiger partial charge on any atom is 0.257 e. The zero-order valence-corrected chi connectivity index (χ0v) is 16.1. The van der Waals surface area contributed by atoms with Gasteiger partial charge in [0.2, 0.25) is 5.91 Å². The molecule has 0 spiro atoms. The molecule has 0 bridgehead atoms. The van der Waals surface area contributed by atoms with Crippen LogP contribution in [0.3, 0.4) is 0 Å². The summed E-state index contributed by atoms with van der Waals surface area (Å²) >= 11 is 0. The molecular formula is C22H23N3O4. The summed E-state index contributed by atoms with van der Waals surface area (Å²) in [6, 6.07) is 11.5. The van der Waals surface area contributed by atoms with Crippen molar-refractivity contribution in [1.29, 1.82) is 0 Å². The number of amides is 1. The van der Waals surface area contributed by atoms with Gasteiger partial charge in [0.25, 0.3) is 5.56 Å². The molecule has 0 radical (unpaired) electrons. The number of carbonyl (C=O) groups is 1. The Labute approximate surface area is 168 Å². The number of nitrogens with one attached hydrogen (secondary N) is 1. The molecule has 1 amide bonds. The highest BCUT2D eigenvalue weighted by atomic mass is 16.5. The highest BCUT2D eigenvalue weighted by molar-refractivity contribution is 5.75. The molecule has 1 N–H and O–H groups in total. The fraction of sp³-hybridized carbons (Fsp3) is 0.318. The molecule has 3 aromatic rings. The summed E-state index contributed by atoms with van der Waals surface area (Å²) < 4.78 is 12.3. The Kier molecular flexibility index (Phi) is 5.86. The van der Waals surface area contributed by atoms with Crippen LogP contribution in [-0.2, 0) is 48.7 Å². The number of aryl methyl sites for hydroxylation is 1. The molecule has 1 aliphatic rings. The van der Waals surface area contributed by atoms with E-state index in [4.69, 9.17) is 9.15 Å². The third kappa shape index (κ3) is 4.81. The van der Waals surface area contributed by atoms with Gasteiger partial charge in [0.1, 0.15) is 18.9 Å². The zero-order valence-electron chi connectivity index (χ0n) is 16.1. The van der Waals surface area contributed by atoms with Gasteiger partial charge in [-0.15, -0.1) is 0 Å². The van der Waals surface area contributed by atoms with Crippen LogP contribution in [0.25, 0.3) is 0 Å². The lowest BCUT2D eigenvalue weighted by Crippen LogP contribution is -2.33. The van der Waals surface area contributed by atoms with Crippen molar-refractivity contribution in [2.24, 2.45) is 0 Å². The number of ether oxygens (including phenoxy) is 1. The first-order valence-electron chi connectivity index (χ1n) is 9.71. The van der Waals surface area contributed by atoms with E-state index in [2.05, 4.69) is 10.3 Å². The Morgan fingerprint density at radius 2 is 2.07 bits per heavy atom. The van der Waals surface area contributed by atoms with Crippen molar-refractivity contribution in [2.45, 2.75) is 45.6 Å². The molecule has 0 fully saturated rings. The normalized spacial score (nSPS) is 12.7. The number of furan rings is 1. The van der Waals surface area contributed by atoms with Crippen molar-refractivity contribution in [3.05, 3.63) is 87.5 Å². The molecule has 0 aliphatic heterocycles. The van der Waals surface area contributed by atoms with Crippen LogP contribution < -0.4 is 10.9 Å². The predicted molar refractivity (Wildman–Crippen MR) is 106 cm³/mol. The number of rotatable bonds is 8. The SMILES string of the molecule is O=C(Cn1cnc2c(c1=O)CCC2)NCc1cccc(COCc2ccco2)c1. The van der Waals surface area contributed by atoms with Crippen molar-refractivity contribution >= 4 is 5.91 Å². The van der Waals surface area contributed by atoms with Crippen LogP contribution in [0.15, 0.2) is 58.2 Å². The minimum absolute atomic E-state index is 0.0228. The van der Waals surface area contributed by atoms with E-state index in [0.717, 1.165) is 47.4 Å². The molecule has 0 saturated heterocycles. The number of hydrogen-bond donors (Lipinski definition) is 1. The van der Waals surface area contributed by atoms with E-state index in [1.807, 2.05) is 36.4 Å². The van der Waals surface area contributed by atoms with Gasteiger partial charge in [-0.2, -0.15) is 0 Å². The molecule has 4 rings (SSSR count). The Hall–Kier alpha value is -3.19. The third-order valence-electron chi connectivity index (χ3n) is 4.95. The van der Waals surface area contributed by atoms with Gasteiger partial charge in [-0.05, 0) is 42.5 Å². The first-order chi connectivity index (χ1) is 14.2. The summed E-state index contributed by atoms with van der Waals surface area (Å²) in [5, 5.41) is 2.87. The maximum atomic E-state index is 12.4. The number of aromatic nitrogens is 2.